The van der Waals surface area contributed by atoms with Crippen molar-refractivity contribution in [3.63, 3.8) is 0 Å². The third-order valence-electron chi connectivity index (χ3n) is 8.94. The molecule has 0 saturated carbocycles. The summed E-state index contributed by atoms with van der Waals surface area (Å²) >= 11 is 0. The van der Waals surface area contributed by atoms with Crippen LogP contribution in [-0.4, -0.2) is 57.5 Å². The lowest BCUT2D eigenvalue weighted by molar-refractivity contribution is -0.142. The number of ether oxygens (including phenoxy) is 1. The number of nitrogens with one attached hydrogen (secondary N) is 2. The number of carbonyl (C=O) groups is 4. The van der Waals surface area contributed by atoms with Crippen molar-refractivity contribution in [3.8, 4) is 28.3 Å². The summed E-state index contributed by atoms with van der Waals surface area (Å²) in [5.74, 6) is -1.83. The average Bonchev–Trinajstić information content (AvgIpc) is 3.14. The van der Waals surface area contributed by atoms with E-state index in [9.17, 15) is 24.3 Å². The van der Waals surface area contributed by atoms with Gasteiger partial charge in [-0.05, 0) is 59.2 Å². The fraction of sp³-hybridized carbons (Fsp3) is 0.381. The second-order valence-electron chi connectivity index (χ2n) is 14.2. The van der Waals surface area contributed by atoms with E-state index >= 15 is 0 Å². The molecule has 53 heavy (non-hydrogen) atoms. The topological polar surface area (TPSA) is 174 Å². The van der Waals surface area contributed by atoms with Gasteiger partial charge in [0.1, 0.15) is 17.8 Å². The third-order valence-corrected chi connectivity index (χ3v) is 8.94. The normalized spacial score (nSPS) is 12.4. The molecule has 0 aliphatic rings. The Balaban J connectivity index is 1.44. The van der Waals surface area contributed by atoms with Gasteiger partial charge in [0, 0.05) is 41.9 Å². The predicted molar refractivity (Wildman–Crippen MR) is 205 cm³/mol. The summed E-state index contributed by atoms with van der Waals surface area (Å²) in [5.41, 5.74) is 9.80. The van der Waals surface area contributed by atoms with Gasteiger partial charge < -0.3 is 26.2 Å². The monoisotopic (exact) mass is 721 g/mol. The molecule has 3 amide bonds. The number of primary amides is 1. The van der Waals surface area contributed by atoms with Gasteiger partial charge in [0.25, 0.3) is 5.91 Å². The van der Waals surface area contributed by atoms with Gasteiger partial charge in [0.2, 0.25) is 11.8 Å². The maximum absolute atomic E-state index is 13.5. The number of aromatic nitrogens is 2. The number of nitrogens with zero attached hydrogens (tertiary/aromatic N) is 2. The molecule has 0 radical (unpaired) electrons. The molecule has 11 nitrogen and oxygen atoms in total. The summed E-state index contributed by atoms with van der Waals surface area (Å²) < 4.78 is 5.88. The average molecular weight is 722 g/mol. The zero-order valence-electron chi connectivity index (χ0n) is 31.1. The summed E-state index contributed by atoms with van der Waals surface area (Å²) in [7, 11) is 0. The maximum atomic E-state index is 13.5. The van der Waals surface area contributed by atoms with Gasteiger partial charge >= 0.3 is 5.97 Å². The van der Waals surface area contributed by atoms with Crippen LogP contribution in [0.15, 0.2) is 85.2 Å². The number of amides is 3. The molecule has 5 N–H and O–H groups in total. The summed E-state index contributed by atoms with van der Waals surface area (Å²) in [4.78, 5) is 59.1. The minimum absolute atomic E-state index is 0.0679. The standard InChI is InChI=1S/C42H51N5O6/c1-5-6-7-8-9-24-53-34-20-16-29(17-21-34)32-26-44-38(45-27-32)30-12-10-28(11-13-30)25-36(40(50)46-35(41(51)52)22-23-37(43)48)47-39(49)31-14-18-33(19-15-31)42(2,3)4/h10-21,26-27,35-36H,5-9,22-25H2,1-4H3,(H2,43,48)(H,46,50)(H,47,49)(H,51,52)/t35-,36?/m0/s1. The molecule has 11 heteroatoms. The molecule has 0 aliphatic heterocycles. The zero-order chi connectivity index (χ0) is 38.4. The van der Waals surface area contributed by atoms with Crippen LogP contribution in [0, 0.1) is 0 Å². The molecular formula is C42H51N5O6. The molecule has 280 valence electrons. The quantitative estimate of drug-likeness (QED) is 0.0781. The van der Waals surface area contributed by atoms with Crippen molar-refractivity contribution >= 4 is 23.7 Å². The van der Waals surface area contributed by atoms with Crippen LogP contribution in [-0.2, 0) is 26.2 Å². The largest absolute Gasteiger partial charge is 0.494 e. The number of nitrogens with two attached hydrogens (primary N) is 1. The molecule has 1 aromatic heterocycles. The number of unbranched alkanes of at least 4 members (excludes halogenated alkanes) is 4. The number of aliphatic carboxylic acids is 1. The molecule has 4 aromatic rings. The van der Waals surface area contributed by atoms with Crippen molar-refractivity contribution < 1.29 is 29.0 Å². The molecule has 0 aliphatic carbocycles. The van der Waals surface area contributed by atoms with E-state index < -0.39 is 35.8 Å². The lowest BCUT2D eigenvalue weighted by Gasteiger charge is -2.22. The van der Waals surface area contributed by atoms with Crippen LogP contribution >= 0.6 is 0 Å². The van der Waals surface area contributed by atoms with E-state index in [2.05, 4.69) is 48.3 Å². The lowest BCUT2D eigenvalue weighted by Crippen LogP contribution is -2.52. The van der Waals surface area contributed by atoms with Gasteiger partial charge in [-0.2, -0.15) is 0 Å². The first-order chi connectivity index (χ1) is 25.3. The molecule has 3 aromatic carbocycles. The number of carbonyl (C=O) groups excluding carboxylic acids is 3. The Morgan fingerprint density at radius 1 is 0.774 bits per heavy atom. The van der Waals surface area contributed by atoms with Crippen LogP contribution in [0.1, 0.15) is 94.1 Å². The second kappa shape index (κ2) is 19.3. The van der Waals surface area contributed by atoms with Crippen LogP contribution in [0.4, 0.5) is 0 Å². The first-order valence-electron chi connectivity index (χ1n) is 18.2. The number of carboxylic acids is 1. The van der Waals surface area contributed by atoms with Crippen molar-refractivity contribution in [2.45, 2.75) is 96.6 Å². The number of benzene rings is 3. The molecule has 0 bridgehead atoms. The molecule has 4 rings (SSSR count). The Labute approximate surface area is 311 Å². The molecule has 0 spiro atoms. The van der Waals surface area contributed by atoms with Gasteiger partial charge in [0.05, 0.1) is 6.61 Å². The SMILES string of the molecule is CCCCCCCOc1ccc(-c2cnc(-c3ccc(CC(NC(=O)c4ccc(C(C)(C)C)cc4)C(=O)N[C@@H](CCC(N)=O)C(=O)O)cc3)nc2)cc1. The molecule has 0 saturated heterocycles. The van der Waals surface area contributed by atoms with E-state index in [1.807, 2.05) is 60.7 Å². The highest BCUT2D eigenvalue weighted by Crippen LogP contribution is 2.25. The Morgan fingerprint density at radius 3 is 1.98 bits per heavy atom. The van der Waals surface area contributed by atoms with E-state index in [1.165, 1.54) is 25.7 Å². The van der Waals surface area contributed by atoms with E-state index in [0.717, 1.165) is 34.4 Å². The van der Waals surface area contributed by atoms with Gasteiger partial charge in [-0.3, -0.25) is 14.4 Å². The van der Waals surface area contributed by atoms with Gasteiger partial charge in [-0.25, -0.2) is 14.8 Å². The van der Waals surface area contributed by atoms with Crippen molar-refractivity contribution in [2.75, 3.05) is 6.61 Å². The van der Waals surface area contributed by atoms with Crippen molar-refractivity contribution in [1.29, 1.82) is 0 Å². The Morgan fingerprint density at radius 2 is 1.40 bits per heavy atom. The highest BCUT2D eigenvalue weighted by Gasteiger charge is 2.28. The van der Waals surface area contributed by atoms with E-state index in [1.54, 1.807) is 24.5 Å². The molecular weight excluding hydrogens is 670 g/mol. The van der Waals surface area contributed by atoms with Crippen LogP contribution in [0.5, 0.6) is 5.75 Å². The minimum atomic E-state index is -1.36. The maximum Gasteiger partial charge on any atom is 0.326 e. The Hall–Kier alpha value is -5.58. The predicted octanol–water partition coefficient (Wildman–Crippen LogP) is 6.63. The first kappa shape index (κ1) is 40.2. The summed E-state index contributed by atoms with van der Waals surface area (Å²) in [6, 6.07) is 19.8. The van der Waals surface area contributed by atoms with Crippen LogP contribution in [0.2, 0.25) is 0 Å². The highest BCUT2D eigenvalue weighted by atomic mass is 16.5. The molecule has 2 atom stereocenters. The number of hydrogen-bond donors (Lipinski definition) is 4. The summed E-state index contributed by atoms with van der Waals surface area (Å²) in [6.45, 7) is 9.12. The van der Waals surface area contributed by atoms with Crippen LogP contribution in [0.3, 0.4) is 0 Å². The van der Waals surface area contributed by atoms with Gasteiger partial charge in [-0.1, -0.05) is 102 Å². The van der Waals surface area contributed by atoms with Gasteiger partial charge in [0.15, 0.2) is 5.82 Å². The highest BCUT2D eigenvalue weighted by molar-refractivity contribution is 5.98. The van der Waals surface area contributed by atoms with Gasteiger partial charge in [-0.15, -0.1) is 0 Å². The van der Waals surface area contributed by atoms with E-state index in [-0.39, 0.29) is 24.7 Å². The number of carboxylic acid groups (broad SMARTS) is 1. The first-order valence-corrected chi connectivity index (χ1v) is 18.2. The number of hydrogen-bond acceptors (Lipinski definition) is 7. The van der Waals surface area contributed by atoms with E-state index in [0.29, 0.717) is 23.6 Å². The molecule has 1 heterocycles. The van der Waals surface area contributed by atoms with E-state index in [4.69, 9.17) is 10.5 Å². The van der Waals surface area contributed by atoms with Crippen molar-refractivity contribution in [3.05, 3.63) is 102 Å². The lowest BCUT2D eigenvalue weighted by atomic mass is 9.86. The molecule has 0 fully saturated rings. The smallest absolute Gasteiger partial charge is 0.326 e. The summed E-state index contributed by atoms with van der Waals surface area (Å²) in [5, 5.41) is 14.9. The fourth-order valence-electron chi connectivity index (χ4n) is 5.68. The Kier molecular flexibility index (Phi) is 14.6. The minimum Gasteiger partial charge on any atom is -0.494 e. The van der Waals surface area contributed by atoms with Crippen molar-refractivity contribution in [2.24, 2.45) is 5.73 Å². The van der Waals surface area contributed by atoms with Crippen molar-refractivity contribution in [1.82, 2.24) is 20.6 Å². The Bertz CT molecular complexity index is 1800. The van der Waals surface area contributed by atoms with Crippen LogP contribution in [0.25, 0.3) is 22.5 Å². The second-order valence-corrected chi connectivity index (χ2v) is 14.2. The molecule has 1 unspecified atom stereocenters. The van der Waals surface area contributed by atoms with Crippen LogP contribution < -0.4 is 21.1 Å². The zero-order valence-corrected chi connectivity index (χ0v) is 31.1. The summed E-state index contributed by atoms with van der Waals surface area (Å²) in [6.07, 6.45) is 9.14. The third kappa shape index (κ3) is 12.6. The number of rotatable bonds is 19. The fourth-order valence-corrected chi connectivity index (χ4v) is 5.68.